The van der Waals surface area contributed by atoms with Gasteiger partial charge in [-0.2, -0.15) is 0 Å². The Balaban J connectivity index is 2.90. The van der Waals surface area contributed by atoms with Crippen LogP contribution in [0.2, 0.25) is 18.1 Å². The van der Waals surface area contributed by atoms with Crippen LogP contribution in [0, 0.1) is 0 Å². The molecule has 1 N–H and O–H groups in total. The average Bonchev–Trinajstić information content (AvgIpc) is 2.56. The Kier molecular flexibility index (Phi) is 7.34. The van der Waals surface area contributed by atoms with Crippen molar-refractivity contribution in [2.75, 3.05) is 20.8 Å². The third-order valence-corrected chi connectivity index (χ3v) is 9.14. The molecule has 1 aromatic carbocycles. The van der Waals surface area contributed by atoms with Crippen LogP contribution in [-0.2, 0) is 14.1 Å². The van der Waals surface area contributed by atoms with Gasteiger partial charge in [0.2, 0.25) is 0 Å². The average molecular weight is 367 g/mol. The van der Waals surface area contributed by atoms with E-state index >= 15 is 0 Å². The normalized spacial score (nSPS) is 13.2. The van der Waals surface area contributed by atoms with Gasteiger partial charge >= 0.3 is 0 Å². The molecule has 0 fully saturated rings. The molecule has 0 aliphatic rings. The lowest BCUT2D eigenvalue weighted by molar-refractivity contribution is -0.171. The zero-order valence-electron chi connectivity index (χ0n) is 16.3. The van der Waals surface area contributed by atoms with E-state index in [2.05, 4.69) is 39.2 Å². The third-order valence-electron chi connectivity index (χ3n) is 4.64. The van der Waals surface area contributed by atoms with Gasteiger partial charge in [0.05, 0.1) is 13.7 Å². The van der Waals surface area contributed by atoms with Gasteiger partial charge in [-0.25, -0.2) is 5.06 Å². The van der Waals surface area contributed by atoms with Crippen LogP contribution in [0.1, 0.15) is 31.1 Å². The van der Waals surface area contributed by atoms with Crippen LogP contribution in [0.25, 0.3) is 0 Å². The van der Waals surface area contributed by atoms with Gasteiger partial charge < -0.3 is 9.74 Å². The monoisotopic (exact) mass is 366 g/mol. The maximum Gasteiger partial charge on any atom is 0.270 e. The number of carbonyl (C=O) groups is 2. The SMILES string of the molecule is CON(C)C(=O)[C@@H](CO[Si](C)(C)C(C)(C)C)NC(=O)c1ccccc1. The highest BCUT2D eigenvalue weighted by atomic mass is 28.4. The van der Waals surface area contributed by atoms with Crippen molar-refractivity contribution < 1.29 is 18.9 Å². The van der Waals surface area contributed by atoms with Crippen molar-refractivity contribution >= 4 is 20.1 Å². The first-order chi connectivity index (χ1) is 11.5. The van der Waals surface area contributed by atoms with E-state index < -0.39 is 14.4 Å². The first-order valence-corrected chi connectivity index (χ1v) is 11.2. The minimum absolute atomic E-state index is 0.0111. The second kappa shape index (κ2) is 8.60. The highest BCUT2D eigenvalue weighted by Crippen LogP contribution is 2.36. The van der Waals surface area contributed by atoms with Gasteiger partial charge in [-0.05, 0) is 30.3 Å². The van der Waals surface area contributed by atoms with E-state index in [-0.39, 0.29) is 23.5 Å². The molecule has 0 saturated heterocycles. The van der Waals surface area contributed by atoms with Gasteiger partial charge in [-0.3, -0.25) is 14.4 Å². The molecule has 1 rings (SSSR count). The molecule has 0 heterocycles. The fourth-order valence-corrected chi connectivity index (χ4v) is 2.84. The summed E-state index contributed by atoms with van der Waals surface area (Å²) in [5.41, 5.74) is 0.493. The molecule has 0 saturated carbocycles. The minimum atomic E-state index is -2.05. The Hall–Kier alpha value is -1.70. The molecule has 1 atom stereocenters. The summed E-state index contributed by atoms with van der Waals surface area (Å²) < 4.78 is 6.13. The molecule has 0 aliphatic carbocycles. The van der Waals surface area contributed by atoms with E-state index in [0.717, 1.165) is 5.06 Å². The summed E-state index contributed by atoms with van der Waals surface area (Å²) in [6.07, 6.45) is 0. The minimum Gasteiger partial charge on any atom is -0.414 e. The van der Waals surface area contributed by atoms with E-state index in [1.165, 1.54) is 14.2 Å². The highest BCUT2D eigenvalue weighted by molar-refractivity contribution is 6.74. The zero-order valence-corrected chi connectivity index (χ0v) is 17.3. The molecule has 0 aromatic heterocycles. The third kappa shape index (κ3) is 5.95. The standard InChI is InChI=1S/C18H30N2O4Si/c1-18(2,3)25(6,7)24-13-15(17(22)20(4)23-5)19-16(21)14-11-9-8-10-12-14/h8-12,15H,13H2,1-7H3,(H,19,21)/t15-/m1/s1. The Morgan fingerprint density at radius 2 is 1.76 bits per heavy atom. The summed E-state index contributed by atoms with van der Waals surface area (Å²) in [6, 6.07) is 7.97. The van der Waals surface area contributed by atoms with Gasteiger partial charge in [0.1, 0.15) is 6.04 Å². The number of nitrogens with zero attached hydrogens (tertiary/aromatic N) is 1. The second-order valence-corrected chi connectivity index (χ2v) is 12.3. The zero-order chi connectivity index (χ0) is 19.3. The topological polar surface area (TPSA) is 67.9 Å². The Morgan fingerprint density at radius 3 is 2.24 bits per heavy atom. The molecule has 0 aliphatic heterocycles. The number of carbonyl (C=O) groups excluding carboxylic acids is 2. The fourth-order valence-electron chi connectivity index (χ4n) is 1.82. The van der Waals surface area contributed by atoms with E-state index in [4.69, 9.17) is 9.26 Å². The van der Waals surface area contributed by atoms with Crippen molar-refractivity contribution in [1.29, 1.82) is 0 Å². The van der Waals surface area contributed by atoms with Gasteiger partial charge in [-0.1, -0.05) is 39.0 Å². The van der Waals surface area contributed by atoms with Crippen LogP contribution < -0.4 is 5.32 Å². The van der Waals surface area contributed by atoms with Crippen molar-refractivity contribution in [3.05, 3.63) is 35.9 Å². The van der Waals surface area contributed by atoms with E-state index in [0.29, 0.717) is 5.56 Å². The van der Waals surface area contributed by atoms with Gasteiger partial charge in [0, 0.05) is 12.6 Å². The van der Waals surface area contributed by atoms with Crippen molar-refractivity contribution in [1.82, 2.24) is 10.4 Å². The number of rotatable bonds is 7. The van der Waals surface area contributed by atoms with Crippen LogP contribution in [-0.4, -0.2) is 52.0 Å². The molecular weight excluding hydrogens is 336 g/mol. The summed E-state index contributed by atoms with van der Waals surface area (Å²) >= 11 is 0. The Bertz CT molecular complexity index is 584. The molecule has 2 amide bonds. The van der Waals surface area contributed by atoms with E-state index in [9.17, 15) is 9.59 Å². The number of likely N-dealkylation sites (N-methyl/N-ethyl adjacent to an activating group) is 1. The summed E-state index contributed by atoms with van der Waals surface area (Å²) in [5.74, 6) is -0.673. The Morgan fingerprint density at radius 1 is 1.20 bits per heavy atom. The molecule has 25 heavy (non-hydrogen) atoms. The lowest BCUT2D eigenvalue weighted by Gasteiger charge is -2.37. The first kappa shape index (κ1) is 21.3. The fraction of sp³-hybridized carbons (Fsp3) is 0.556. The summed E-state index contributed by atoms with van der Waals surface area (Å²) in [7, 11) is 0.864. The highest BCUT2D eigenvalue weighted by Gasteiger charge is 2.38. The van der Waals surface area contributed by atoms with E-state index in [1.807, 2.05) is 6.07 Å². The molecule has 1 aromatic rings. The van der Waals surface area contributed by atoms with E-state index in [1.54, 1.807) is 24.3 Å². The quantitative estimate of drug-likeness (QED) is 0.595. The van der Waals surface area contributed by atoms with Gasteiger partial charge in [0.15, 0.2) is 8.32 Å². The largest absolute Gasteiger partial charge is 0.414 e. The smallest absolute Gasteiger partial charge is 0.270 e. The first-order valence-electron chi connectivity index (χ1n) is 8.31. The van der Waals surface area contributed by atoms with Crippen molar-refractivity contribution in [3.63, 3.8) is 0 Å². The van der Waals surface area contributed by atoms with Crippen molar-refractivity contribution in [2.24, 2.45) is 0 Å². The van der Waals surface area contributed by atoms with Crippen LogP contribution in [0.15, 0.2) is 30.3 Å². The maximum atomic E-state index is 12.5. The summed E-state index contributed by atoms with van der Waals surface area (Å²) in [6.45, 7) is 10.7. The lowest BCUT2D eigenvalue weighted by Crippen LogP contribution is -2.52. The molecule has 0 radical (unpaired) electrons. The lowest BCUT2D eigenvalue weighted by atomic mass is 10.2. The number of hydrogen-bond acceptors (Lipinski definition) is 4. The number of hydrogen-bond donors (Lipinski definition) is 1. The maximum absolute atomic E-state index is 12.5. The molecule has 0 unspecified atom stereocenters. The predicted octanol–water partition coefficient (Wildman–Crippen LogP) is 2.83. The number of benzene rings is 1. The van der Waals surface area contributed by atoms with Crippen LogP contribution in [0.3, 0.4) is 0 Å². The summed E-state index contributed by atoms with van der Waals surface area (Å²) in [4.78, 5) is 29.9. The Labute approximate surface area is 151 Å². The number of hydroxylamine groups is 2. The number of nitrogens with one attached hydrogen (secondary N) is 1. The number of amides is 2. The molecule has 7 heteroatoms. The molecule has 0 spiro atoms. The summed E-state index contributed by atoms with van der Waals surface area (Å²) in [5, 5.41) is 3.87. The molecule has 140 valence electrons. The molecule has 0 bridgehead atoms. The van der Waals surface area contributed by atoms with Gasteiger partial charge in [0.25, 0.3) is 11.8 Å². The van der Waals surface area contributed by atoms with Crippen LogP contribution in [0.5, 0.6) is 0 Å². The van der Waals surface area contributed by atoms with Crippen molar-refractivity contribution in [3.8, 4) is 0 Å². The van der Waals surface area contributed by atoms with Crippen molar-refractivity contribution in [2.45, 2.75) is 44.9 Å². The van der Waals surface area contributed by atoms with Gasteiger partial charge in [-0.15, -0.1) is 0 Å². The molecular formula is C18H30N2O4Si. The van der Waals surface area contributed by atoms with Crippen LogP contribution >= 0.6 is 0 Å². The molecule has 6 nitrogen and oxygen atoms in total. The second-order valence-electron chi connectivity index (χ2n) is 7.48. The predicted molar refractivity (Wildman–Crippen MR) is 101 cm³/mol. The van der Waals surface area contributed by atoms with Crippen LogP contribution in [0.4, 0.5) is 0 Å².